The highest BCUT2D eigenvalue weighted by atomic mass is 35.5. The lowest BCUT2D eigenvalue weighted by atomic mass is 10.1. The fraction of sp³-hybridized carbons (Fsp3) is 0.900. The molecule has 88 valence electrons. The van der Waals surface area contributed by atoms with E-state index in [-0.39, 0.29) is 18.3 Å². The summed E-state index contributed by atoms with van der Waals surface area (Å²) < 4.78 is 0. The molecule has 2 aliphatic rings. The number of halogens is 1. The highest BCUT2D eigenvalue weighted by Crippen LogP contribution is 2.16. The molecule has 1 N–H and O–H groups in total. The zero-order valence-corrected chi connectivity index (χ0v) is 10.5. The van der Waals surface area contributed by atoms with Crippen LogP contribution in [0.25, 0.3) is 0 Å². The molecular weight excluding hydrogens is 232 g/mol. The first-order valence-corrected chi connectivity index (χ1v) is 6.60. The molecule has 0 bridgehead atoms. The van der Waals surface area contributed by atoms with Crippen molar-refractivity contribution in [1.29, 1.82) is 0 Å². The maximum Gasteiger partial charge on any atom is 0.227 e. The molecule has 0 spiro atoms. The van der Waals surface area contributed by atoms with Gasteiger partial charge in [-0.3, -0.25) is 4.79 Å². The van der Waals surface area contributed by atoms with Crippen LogP contribution in [0.4, 0.5) is 0 Å². The third kappa shape index (κ3) is 3.54. The molecule has 0 saturated carbocycles. The number of amides is 1. The van der Waals surface area contributed by atoms with Crippen molar-refractivity contribution in [2.24, 2.45) is 5.92 Å². The Bertz CT molecular complexity index is 202. The summed E-state index contributed by atoms with van der Waals surface area (Å²) >= 11 is 1.97. The molecule has 2 saturated heterocycles. The Morgan fingerprint density at radius 2 is 2.20 bits per heavy atom. The lowest BCUT2D eigenvalue weighted by Gasteiger charge is -2.23. The molecule has 0 aliphatic carbocycles. The maximum absolute atomic E-state index is 12.0. The van der Waals surface area contributed by atoms with Crippen LogP contribution in [0.3, 0.4) is 0 Å². The first kappa shape index (κ1) is 13.1. The van der Waals surface area contributed by atoms with Crippen LogP contribution in [0, 0.1) is 5.92 Å². The molecule has 2 aliphatic heterocycles. The van der Waals surface area contributed by atoms with E-state index in [4.69, 9.17) is 0 Å². The summed E-state index contributed by atoms with van der Waals surface area (Å²) in [5.74, 6) is 2.98. The van der Waals surface area contributed by atoms with E-state index in [2.05, 4.69) is 10.2 Å². The van der Waals surface area contributed by atoms with Crippen LogP contribution < -0.4 is 5.32 Å². The normalized spacial score (nSPS) is 26.9. The largest absolute Gasteiger partial charge is 0.342 e. The number of rotatable bonds is 1. The van der Waals surface area contributed by atoms with Gasteiger partial charge in [0.25, 0.3) is 0 Å². The van der Waals surface area contributed by atoms with Gasteiger partial charge in [0, 0.05) is 25.4 Å². The molecule has 2 rings (SSSR count). The van der Waals surface area contributed by atoms with Crippen LogP contribution in [0.15, 0.2) is 0 Å². The molecule has 2 fully saturated rings. The second-order valence-corrected chi connectivity index (χ2v) is 5.21. The van der Waals surface area contributed by atoms with Crippen LogP contribution in [0.5, 0.6) is 0 Å². The maximum atomic E-state index is 12.0. The van der Waals surface area contributed by atoms with Gasteiger partial charge in [-0.2, -0.15) is 11.8 Å². The number of nitrogens with zero attached hydrogens (tertiary/aromatic N) is 1. The first-order valence-electron chi connectivity index (χ1n) is 5.45. The van der Waals surface area contributed by atoms with Crippen molar-refractivity contribution in [3.05, 3.63) is 0 Å². The van der Waals surface area contributed by atoms with Gasteiger partial charge in [-0.05, 0) is 25.1 Å². The number of carbonyl (C=O) groups excluding carboxylic acids is 1. The molecular formula is C10H19ClN2OS. The molecule has 5 heteroatoms. The van der Waals surface area contributed by atoms with E-state index in [0.717, 1.165) is 44.8 Å². The van der Waals surface area contributed by atoms with Crippen molar-refractivity contribution in [1.82, 2.24) is 10.2 Å². The summed E-state index contributed by atoms with van der Waals surface area (Å²) in [5, 5.41) is 3.26. The zero-order valence-electron chi connectivity index (χ0n) is 8.91. The number of carbonyl (C=O) groups is 1. The van der Waals surface area contributed by atoms with Crippen molar-refractivity contribution in [2.45, 2.75) is 12.8 Å². The summed E-state index contributed by atoms with van der Waals surface area (Å²) in [6, 6.07) is 0. The van der Waals surface area contributed by atoms with Gasteiger partial charge in [0.05, 0.1) is 5.92 Å². The van der Waals surface area contributed by atoms with E-state index in [1.807, 2.05) is 11.8 Å². The standard InChI is InChI=1S/C10H18N2OS.ClH/c13-10(9-2-3-11-8-9)12-4-1-6-14-7-5-12;/h9,11H,1-8H2;1H/t9-;/m1./s1. The molecule has 0 aromatic rings. The topological polar surface area (TPSA) is 32.3 Å². The van der Waals surface area contributed by atoms with Crippen molar-refractivity contribution >= 4 is 30.1 Å². The second-order valence-electron chi connectivity index (χ2n) is 3.98. The highest BCUT2D eigenvalue weighted by molar-refractivity contribution is 7.99. The Balaban J connectivity index is 0.00000112. The molecule has 2 heterocycles. The van der Waals surface area contributed by atoms with Gasteiger partial charge in [0.2, 0.25) is 5.91 Å². The van der Waals surface area contributed by atoms with Gasteiger partial charge in [0.1, 0.15) is 0 Å². The summed E-state index contributed by atoms with van der Waals surface area (Å²) in [7, 11) is 0. The Morgan fingerprint density at radius 3 is 2.93 bits per heavy atom. The molecule has 1 atom stereocenters. The van der Waals surface area contributed by atoms with Gasteiger partial charge >= 0.3 is 0 Å². The van der Waals surface area contributed by atoms with Crippen molar-refractivity contribution in [3.8, 4) is 0 Å². The molecule has 0 radical (unpaired) electrons. The lowest BCUT2D eigenvalue weighted by molar-refractivity contribution is -0.134. The average molecular weight is 251 g/mol. The van der Waals surface area contributed by atoms with Crippen molar-refractivity contribution in [2.75, 3.05) is 37.7 Å². The Labute approximate surface area is 102 Å². The third-order valence-electron chi connectivity index (χ3n) is 2.94. The van der Waals surface area contributed by atoms with Gasteiger partial charge in [-0.1, -0.05) is 0 Å². The first-order chi connectivity index (χ1) is 6.88. The summed E-state index contributed by atoms with van der Waals surface area (Å²) in [6.07, 6.45) is 2.19. The molecule has 0 unspecified atom stereocenters. The Hall–Kier alpha value is 0.0700. The van der Waals surface area contributed by atoms with E-state index in [1.54, 1.807) is 0 Å². The van der Waals surface area contributed by atoms with E-state index in [0.29, 0.717) is 5.91 Å². The summed E-state index contributed by atoms with van der Waals surface area (Å²) in [5.41, 5.74) is 0. The van der Waals surface area contributed by atoms with Gasteiger partial charge in [-0.15, -0.1) is 12.4 Å². The summed E-state index contributed by atoms with van der Waals surface area (Å²) in [4.78, 5) is 14.1. The monoisotopic (exact) mass is 250 g/mol. The van der Waals surface area contributed by atoms with Crippen LogP contribution >= 0.6 is 24.2 Å². The van der Waals surface area contributed by atoms with Crippen LogP contribution in [0.1, 0.15) is 12.8 Å². The number of hydrogen-bond donors (Lipinski definition) is 1. The molecule has 3 nitrogen and oxygen atoms in total. The molecule has 15 heavy (non-hydrogen) atoms. The van der Waals surface area contributed by atoms with Crippen molar-refractivity contribution < 1.29 is 4.79 Å². The third-order valence-corrected chi connectivity index (χ3v) is 3.99. The Morgan fingerprint density at radius 1 is 1.33 bits per heavy atom. The van der Waals surface area contributed by atoms with Gasteiger partial charge in [0.15, 0.2) is 0 Å². The van der Waals surface area contributed by atoms with Crippen LogP contribution in [-0.2, 0) is 4.79 Å². The van der Waals surface area contributed by atoms with Gasteiger partial charge in [-0.25, -0.2) is 0 Å². The quantitative estimate of drug-likeness (QED) is 0.753. The Kier molecular flexibility index (Phi) is 5.79. The van der Waals surface area contributed by atoms with Crippen LogP contribution in [0.2, 0.25) is 0 Å². The average Bonchev–Trinajstić information content (AvgIpc) is 2.59. The predicted octanol–water partition coefficient (Wildman–Crippen LogP) is 0.983. The van der Waals surface area contributed by atoms with E-state index >= 15 is 0 Å². The number of hydrogen-bond acceptors (Lipinski definition) is 3. The minimum Gasteiger partial charge on any atom is -0.342 e. The van der Waals surface area contributed by atoms with E-state index in [9.17, 15) is 4.79 Å². The predicted molar refractivity (Wildman–Crippen MR) is 66.7 cm³/mol. The minimum absolute atomic E-state index is 0. The minimum atomic E-state index is 0. The van der Waals surface area contributed by atoms with Gasteiger partial charge < -0.3 is 10.2 Å². The smallest absolute Gasteiger partial charge is 0.227 e. The highest BCUT2D eigenvalue weighted by Gasteiger charge is 2.27. The van der Waals surface area contributed by atoms with Crippen molar-refractivity contribution in [3.63, 3.8) is 0 Å². The fourth-order valence-corrected chi connectivity index (χ4v) is 2.98. The second kappa shape index (κ2) is 6.61. The lowest BCUT2D eigenvalue weighted by Crippen LogP contribution is -2.38. The number of thioether (sulfide) groups is 1. The summed E-state index contributed by atoms with van der Waals surface area (Å²) in [6.45, 7) is 3.84. The van der Waals surface area contributed by atoms with E-state index in [1.165, 1.54) is 5.75 Å². The van der Waals surface area contributed by atoms with E-state index < -0.39 is 0 Å². The zero-order chi connectivity index (χ0) is 9.80. The SMILES string of the molecule is Cl.O=C([C@@H]1CCNC1)N1CCCSCC1. The molecule has 1 amide bonds. The molecule has 0 aromatic carbocycles. The fourth-order valence-electron chi connectivity index (χ4n) is 2.09. The molecule has 0 aromatic heterocycles. The number of nitrogens with one attached hydrogen (secondary N) is 1. The van der Waals surface area contributed by atoms with Crippen LogP contribution in [-0.4, -0.2) is 48.5 Å².